The van der Waals surface area contributed by atoms with E-state index in [0.29, 0.717) is 29.2 Å². The molecule has 0 radical (unpaired) electrons. The number of ether oxygens (including phenoxy) is 2. The molecule has 0 atom stereocenters. The maximum Gasteiger partial charge on any atom is 0.257 e. The summed E-state index contributed by atoms with van der Waals surface area (Å²) in [6, 6.07) is 3.27. The molecule has 0 saturated carbocycles. The highest BCUT2D eigenvalue weighted by Gasteiger charge is 2.20. The monoisotopic (exact) mass is 377 g/mol. The second kappa shape index (κ2) is 8.75. The van der Waals surface area contributed by atoms with E-state index in [0.717, 1.165) is 36.8 Å². The quantitative estimate of drug-likeness (QED) is 0.655. The summed E-state index contributed by atoms with van der Waals surface area (Å²) in [5.74, 6) is 0.697. The second-order valence-corrected chi connectivity index (χ2v) is 6.25. The number of carbonyl (C=O) groups excluding carboxylic acids is 1. The molecule has 8 heteroatoms. The number of pyridine rings is 1. The summed E-state index contributed by atoms with van der Waals surface area (Å²) in [6.07, 6.45) is 4.81. The Bertz CT molecular complexity index is 833. The van der Waals surface area contributed by atoms with E-state index >= 15 is 0 Å². The van der Waals surface area contributed by atoms with Gasteiger partial charge in [0.1, 0.15) is 18.9 Å². The molecule has 0 aliphatic heterocycles. The Morgan fingerprint density at radius 3 is 2.89 bits per heavy atom. The lowest BCUT2D eigenvalue weighted by atomic mass is 9.90. The molecule has 2 aromatic heterocycles. The van der Waals surface area contributed by atoms with Gasteiger partial charge in [0.05, 0.1) is 24.6 Å². The van der Waals surface area contributed by atoms with Gasteiger partial charge in [0.15, 0.2) is 6.29 Å². The van der Waals surface area contributed by atoms with Crippen LogP contribution in [0, 0.1) is 0 Å². The molecule has 0 bridgehead atoms. The van der Waals surface area contributed by atoms with Crippen molar-refractivity contribution < 1.29 is 23.0 Å². The number of methoxy groups -OCH3 is 1. The van der Waals surface area contributed by atoms with Gasteiger partial charge in [-0.2, -0.15) is 5.10 Å². The first-order chi connectivity index (χ1) is 13.1. The van der Waals surface area contributed by atoms with Crippen LogP contribution in [0.2, 0.25) is 0 Å². The minimum absolute atomic E-state index is 0.268. The van der Waals surface area contributed by atoms with Crippen LogP contribution in [0.3, 0.4) is 0 Å². The molecule has 0 N–H and O–H groups in total. The number of aldehydes is 1. The van der Waals surface area contributed by atoms with Crippen molar-refractivity contribution in [2.45, 2.75) is 38.7 Å². The highest BCUT2D eigenvalue weighted by molar-refractivity contribution is 5.79. The summed E-state index contributed by atoms with van der Waals surface area (Å²) >= 11 is 0. The Hall–Kier alpha value is -2.77. The van der Waals surface area contributed by atoms with Crippen molar-refractivity contribution in [3.8, 4) is 11.6 Å². The maximum atomic E-state index is 12.8. The largest absolute Gasteiger partial charge is 0.487 e. The van der Waals surface area contributed by atoms with E-state index in [-0.39, 0.29) is 6.61 Å². The van der Waals surface area contributed by atoms with Crippen LogP contribution in [0.4, 0.5) is 8.78 Å². The predicted molar refractivity (Wildman–Crippen MR) is 95.3 cm³/mol. The Morgan fingerprint density at radius 2 is 2.15 bits per heavy atom. The predicted octanol–water partition coefficient (Wildman–Crippen LogP) is 3.77. The van der Waals surface area contributed by atoms with Gasteiger partial charge in [-0.15, -0.1) is 0 Å². The van der Waals surface area contributed by atoms with E-state index in [1.165, 1.54) is 30.3 Å². The van der Waals surface area contributed by atoms with E-state index in [1.807, 2.05) is 0 Å². The van der Waals surface area contributed by atoms with Crippen LogP contribution >= 0.6 is 0 Å². The molecule has 2 aromatic rings. The zero-order valence-corrected chi connectivity index (χ0v) is 15.0. The van der Waals surface area contributed by atoms with Crippen LogP contribution < -0.4 is 9.47 Å². The van der Waals surface area contributed by atoms with E-state index in [4.69, 9.17) is 9.47 Å². The van der Waals surface area contributed by atoms with Crippen LogP contribution in [0.1, 0.15) is 41.7 Å². The highest BCUT2D eigenvalue weighted by Crippen LogP contribution is 2.33. The summed E-state index contributed by atoms with van der Waals surface area (Å²) in [5.41, 5.74) is 3.08. The standard InChI is InChI=1S/C19H21F2N3O3/c1-26-19-8-14(11-25)17(9-22-19)27-12-13-4-2-3-5-15(13)16-6-7-23-24(16)10-18(20)21/h6-9,11,18H,2-5,10,12H2,1H3. The molecule has 0 fully saturated rings. The van der Waals surface area contributed by atoms with Gasteiger partial charge < -0.3 is 9.47 Å². The number of alkyl halides is 2. The summed E-state index contributed by atoms with van der Waals surface area (Å²) < 4.78 is 37.8. The summed E-state index contributed by atoms with van der Waals surface area (Å²) in [5, 5.41) is 4.02. The highest BCUT2D eigenvalue weighted by atomic mass is 19.3. The van der Waals surface area contributed by atoms with Crippen LogP contribution in [-0.4, -0.2) is 41.2 Å². The van der Waals surface area contributed by atoms with Gasteiger partial charge in [-0.3, -0.25) is 9.48 Å². The number of rotatable bonds is 8. The van der Waals surface area contributed by atoms with Gasteiger partial charge in [0.25, 0.3) is 6.43 Å². The van der Waals surface area contributed by atoms with E-state index < -0.39 is 13.0 Å². The maximum absolute atomic E-state index is 12.8. The molecular weight excluding hydrogens is 356 g/mol. The lowest BCUT2D eigenvalue weighted by Crippen LogP contribution is -2.15. The summed E-state index contributed by atoms with van der Waals surface area (Å²) in [6.45, 7) is -0.165. The van der Waals surface area contributed by atoms with Crippen LogP contribution in [0.5, 0.6) is 11.6 Å². The topological polar surface area (TPSA) is 66.2 Å². The van der Waals surface area contributed by atoms with Crippen molar-refractivity contribution in [2.24, 2.45) is 0 Å². The van der Waals surface area contributed by atoms with Crippen molar-refractivity contribution in [1.29, 1.82) is 0 Å². The van der Waals surface area contributed by atoms with Crippen LogP contribution in [-0.2, 0) is 6.54 Å². The third-order valence-electron chi connectivity index (χ3n) is 4.53. The molecule has 0 aromatic carbocycles. The number of aromatic nitrogens is 3. The Morgan fingerprint density at radius 1 is 1.33 bits per heavy atom. The first-order valence-corrected chi connectivity index (χ1v) is 8.75. The average Bonchev–Trinajstić information content (AvgIpc) is 3.13. The molecule has 0 spiro atoms. The zero-order valence-electron chi connectivity index (χ0n) is 15.0. The van der Waals surface area contributed by atoms with Crippen molar-refractivity contribution in [2.75, 3.05) is 13.7 Å². The van der Waals surface area contributed by atoms with E-state index in [9.17, 15) is 13.6 Å². The van der Waals surface area contributed by atoms with Crippen molar-refractivity contribution in [3.63, 3.8) is 0 Å². The minimum atomic E-state index is -2.46. The van der Waals surface area contributed by atoms with Gasteiger partial charge in [-0.1, -0.05) is 0 Å². The normalized spacial score (nSPS) is 14.5. The van der Waals surface area contributed by atoms with Crippen molar-refractivity contribution in [1.82, 2.24) is 14.8 Å². The molecule has 0 amide bonds. The Kier molecular flexibility index (Phi) is 6.16. The molecule has 3 rings (SSSR count). The first-order valence-electron chi connectivity index (χ1n) is 8.75. The third kappa shape index (κ3) is 4.50. The SMILES string of the molecule is COc1cc(C=O)c(OCC2=C(c3ccnn3CC(F)F)CCCC2)cn1. The molecule has 1 aliphatic rings. The summed E-state index contributed by atoms with van der Waals surface area (Å²) in [7, 11) is 1.47. The van der Waals surface area contributed by atoms with Crippen molar-refractivity contribution in [3.05, 3.63) is 41.4 Å². The van der Waals surface area contributed by atoms with Gasteiger partial charge >= 0.3 is 0 Å². The van der Waals surface area contributed by atoms with Crippen molar-refractivity contribution >= 4 is 11.9 Å². The van der Waals surface area contributed by atoms with Crippen LogP contribution in [0.15, 0.2) is 30.1 Å². The molecule has 0 unspecified atom stereocenters. The Balaban J connectivity index is 1.84. The molecule has 6 nitrogen and oxygen atoms in total. The number of hydrogen-bond donors (Lipinski definition) is 0. The fourth-order valence-corrected chi connectivity index (χ4v) is 3.23. The molecule has 144 valence electrons. The fourth-order valence-electron chi connectivity index (χ4n) is 3.23. The van der Waals surface area contributed by atoms with E-state index in [2.05, 4.69) is 10.1 Å². The number of halogens is 2. The molecule has 0 saturated heterocycles. The number of hydrogen-bond acceptors (Lipinski definition) is 5. The van der Waals surface area contributed by atoms with Gasteiger partial charge in [0, 0.05) is 12.3 Å². The Labute approximate surface area is 155 Å². The van der Waals surface area contributed by atoms with Gasteiger partial charge in [0.2, 0.25) is 5.88 Å². The zero-order chi connectivity index (χ0) is 19.2. The first kappa shape index (κ1) is 19.0. The fraction of sp³-hybridized carbons (Fsp3) is 0.421. The molecule has 1 aliphatic carbocycles. The average molecular weight is 377 g/mol. The molecule has 27 heavy (non-hydrogen) atoms. The third-order valence-corrected chi connectivity index (χ3v) is 4.53. The molecule has 2 heterocycles. The lowest BCUT2D eigenvalue weighted by molar-refractivity contribution is 0.111. The van der Waals surface area contributed by atoms with Gasteiger partial charge in [-0.05, 0) is 42.9 Å². The van der Waals surface area contributed by atoms with Gasteiger partial charge in [-0.25, -0.2) is 13.8 Å². The number of allylic oxidation sites excluding steroid dienone is 1. The summed E-state index contributed by atoms with van der Waals surface area (Å²) in [4.78, 5) is 15.4. The van der Waals surface area contributed by atoms with Crippen LogP contribution in [0.25, 0.3) is 5.57 Å². The number of carbonyl (C=O) groups is 1. The van der Waals surface area contributed by atoms with E-state index in [1.54, 1.807) is 6.07 Å². The minimum Gasteiger partial charge on any atom is -0.487 e. The second-order valence-electron chi connectivity index (χ2n) is 6.25. The molecular formula is C19H21F2N3O3. The smallest absolute Gasteiger partial charge is 0.257 e. The number of nitrogens with zero attached hydrogens (tertiary/aromatic N) is 3. The lowest BCUT2D eigenvalue weighted by Gasteiger charge is -2.22.